The van der Waals surface area contributed by atoms with Gasteiger partial charge in [0.25, 0.3) is 0 Å². The number of hydrogen-bond acceptors (Lipinski definition) is 0. The normalized spacial score (nSPS) is 15.0. The summed E-state index contributed by atoms with van der Waals surface area (Å²) < 4.78 is 34.5. The van der Waals surface area contributed by atoms with E-state index >= 15 is 0 Å². The fourth-order valence-electron chi connectivity index (χ4n) is 0.491. The summed E-state index contributed by atoms with van der Waals surface area (Å²) in [5.41, 5.74) is -2.10. The van der Waals surface area contributed by atoms with Crippen LogP contribution in [0.4, 0.5) is 13.2 Å². The smallest absolute Gasteiger partial charge is 0.171 e. The molecule has 0 fully saturated rings. The lowest BCUT2D eigenvalue weighted by Crippen LogP contribution is -2.36. The molecule has 0 unspecified atom stereocenters. The molecule has 0 aliphatic rings. The van der Waals surface area contributed by atoms with E-state index in [2.05, 4.69) is 0 Å². The van der Waals surface area contributed by atoms with Crippen LogP contribution in [0.3, 0.4) is 0 Å². The minimum atomic E-state index is -4.41. The molecule has 0 aromatic rings. The second-order valence-corrected chi connectivity index (χ2v) is 5.27. The first-order valence-electron chi connectivity index (χ1n) is 2.96. The molecule has 0 rings (SSSR count). The molecule has 0 aliphatic heterocycles. The molecule has 0 aromatic carbocycles. The van der Waals surface area contributed by atoms with Gasteiger partial charge in [0.2, 0.25) is 0 Å². The third-order valence-electron chi connectivity index (χ3n) is 1.26. The van der Waals surface area contributed by atoms with Crippen molar-refractivity contribution in [2.24, 2.45) is 5.41 Å². The van der Waals surface area contributed by atoms with Gasteiger partial charge in [0.05, 0.1) is 5.41 Å². The van der Waals surface area contributed by atoms with Crippen molar-refractivity contribution in [2.45, 2.75) is 23.8 Å². The van der Waals surface area contributed by atoms with Gasteiger partial charge in [-0.25, -0.2) is 0 Å². The molecule has 0 spiro atoms. The molecule has 0 amide bonds. The van der Waals surface area contributed by atoms with Crippen LogP contribution in [-0.2, 0) is 0 Å². The maximum Gasteiger partial charge on any atom is 0.394 e. The Labute approximate surface area is 84.0 Å². The standard InChI is InChI=1S/C6H7Cl3F3/c1-4(2,6(10,11)12)3-5(7,8)9/h3H,1-2H3. The Morgan fingerprint density at radius 1 is 1.00 bits per heavy atom. The lowest BCUT2D eigenvalue weighted by atomic mass is 9.89. The average molecular weight is 242 g/mol. The highest BCUT2D eigenvalue weighted by Gasteiger charge is 2.50. The summed E-state index contributed by atoms with van der Waals surface area (Å²) in [6, 6.07) is 0. The summed E-state index contributed by atoms with van der Waals surface area (Å²) in [5.74, 6) is 0. The number of alkyl halides is 6. The predicted octanol–water partition coefficient (Wildman–Crippen LogP) is 4.15. The van der Waals surface area contributed by atoms with Crippen LogP contribution in [0.1, 0.15) is 13.8 Å². The molecule has 0 heterocycles. The highest BCUT2D eigenvalue weighted by Crippen LogP contribution is 2.46. The Bertz CT molecular complexity index is 156. The molecule has 73 valence electrons. The fourth-order valence-corrected chi connectivity index (χ4v) is 1.31. The first-order chi connectivity index (χ1) is 4.96. The lowest BCUT2D eigenvalue weighted by Gasteiger charge is -2.30. The second kappa shape index (κ2) is 3.43. The fraction of sp³-hybridized carbons (Fsp3) is 0.833. The first kappa shape index (κ1) is 12.7. The van der Waals surface area contributed by atoms with Crippen molar-refractivity contribution in [3.05, 3.63) is 6.42 Å². The Morgan fingerprint density at radius 3 is 1.42 bits per heavy atom. The van der Waals surface area contributed by atoms with Gasteiger partial charge in [-0.15, -0.1) is 0 Å². The number of hydrogen-bond donors (Lipinski definition) is 0. The van der Waals surface area contributed by atoms with Crippen molar-refractivity contribution < 1.29 is 13.2 Å². The Balaban J connectivity index is 4.44. The van der Waals surface area contributed by atoms with E-state index in [4.69, 9.17) is 34.8 Å². The molecule has 0 saturated heterocycles. The molecule has 1 radical (unpaired) electrons. The van der Waals surface area contributed by atoms with Crippen LogP contribution in [0.15, 0.2) is 0 Å². The van der Waals surface area contributed by atoms with E-state index in [9.17, 15) is 13.2 Å². The first-order valence-corrected chi connectivity index (χ1v) is 4.10. The van der Waals surface area contributed by atoms with Crippen LogP contribution in [-0.4, -0.2) is 9.97 Å². The van der Waals surface area contributed by atoms with Gasteiger partial charge in [0, 0.05) is 6.42 Å². The molecule has 0 aliphatic carbocycles. The highest BCUT2D eigenvalue weighted by atomic mass is 35.6. The van der Waals surface area contributed by atoms with Crippen LogP contribution < -0.4 is 0 Å². The third kappa shape index (κ3) is 4.06. The van der Waals surface area contributed by atoms with Gasteiger partial charge in [0.1, 0.15) is 0 Å². The summed E-state index contributed by atoms with van der Waals surface area (Å²) in [4.78, 5) is 0. The minimum Gasteiger partial charge on any atom is -0.171 e. The van der Waals surface area contributed by atoms with Gasteiger partial charge in [-0.2, -0.15) is 13.2 Å². The zero-order chi connectivity index (χ0) is 10.2. The van der Waals surface area contributed by atoms with E-state index in [1.807, 2.05) is 0 Å². The summed E-state index contributed by atoms with van der Waals surface area (Å²) in [6.45, 7) is 1.88. The van der Waals surface area contributed by atoms with Crippen LogP contribution in [0.2, 0.25) is 0 Å². The van der Waals surface area contributed by atoms with E-state index in [0.29, 0.717) is 6.42 Å². The lowest BCUT2D eigenvalue weighted by molar-refractivity contribution is -0.199. The summed E-state index contributed by atoms with van der Waals surface area (Å²) in [6.07, 6.45) is -3.78. The molecule has 12 heavy (non-hydrogen) atoms. The minimum absolute atomic E-state index is 0.630. The largest absolute Gasteiger partial charge is 0.394 e. The quantitative estimate of drug-likeness (QED) is 0.606. The van der Waals surface area contributed by atoms with Crippen molar-refractivity contribution in [2.75, 3.05) is 0 Å². The molecule has 0 nitrogen and oxygen atoms in total. The number of rotatable bonds is 1. The zero-order valence-corrected chi connectivity index (χ0v) is 8.61. The molecule has 0 N–H and O–H groups in total. The van der Waals surface area contributed by atoms with Crippen molar-refractivity contribution in [1.82, 2.24) is 0 Å². The van der Waals surface area contributed by atoms with Gasteiger partial charge in [0.15, 0.2) is 3.79 Å². The second-order valence-electron chi connectivity index (χ2n) is 2.91. The number of halogens is 6. The van der Waals surface area contributed by atoms with Crippen molar-refractivity contribution in [3.63, 3.8) is 0 Å². The van der Waals surface area contributed by atoms with Crippen molar-refractivity contribution in [1.29, 1.82) is 0 Å². The monoisotopic (exact) mass is 241 g/mol. The predicted molar refractivity (Wildman–Crippen MR) is 44.4 cm³/mol. The molecule has 6 heteroatoms. The van der Waals surface area contributed by atoms with Crippen LogP contribution in [0.5, 0.6) is 0 Å². The average Bonchev–Trinajstić information content (AvgIpc) is 1.52. The Hall–Kier alpha value is 0.660. The van der Waals surface area contributed by atoms with Crippen LogP contribution in [0.25, 0.3) is 0 Å². The molecule has 0 aromatic heterocycles. The third-order valence-corrected chi connectivity index (χ3v) is 1.58. The van der Waals surface area contributed by atoms with Crippen LogP contribution in [0, 0.1) is 11.8 Å². The Morgan fingerprint density at radius 2 is 1.33 bits per heavy atom. The van der Waals surface area contributed by atoms with Gasteiger partial charge >= 0.3 is 6.18 Å². The topological polar surface area (TPSA) is 0 Å². The van der Waals surface area contributed by atoms with Gasteiger partial charge in [-0.1, -0.05) is 48.7 Å². The molecular weight excluding hydrogens is 235 g/mol. The highest BCUT2D eigenvalue weighted by molar-refractivity contribution is 6.68. The molecule has 0 saturated carbocycles. The van der Waals surface area contributed by atoms with Crippen molar-refractivity contribution in [3.8, 4) is 0 Å². The van der Waals surface area contributed by atoms with E-state index < -0.39 is 15.4 Å². The summed E-state index contributed by atoms with van der Waals surface area (Å²) >= 11 is 15.6. The SMILES string of the molecule is CC(C)([CH]C(Cl)(Cl)Cl)C(F)(F)F. The van der Waals surface area contributed by atoms with Crippen molar-refractivity contribution >= 4 is 34.8 Å². The van der Waals surface area contributed by atoms with E-state index in [-0.39, 0.29) is 0 Å². The summed E-state index contributed by atoms with van der Waals surface area (Å²) in [7, 11) is 0. The van der Waals surface area contributed by atoms with Gasteiger partial charge < -0.3 is 0 Å². The van der Waals surface area contributed by atoms with E-state index in [0.717, 1.165) is 13.8 Å². The van der Waals surface area contributed by atoms with Crippen LogP contribution >= 0.6 is 34.8 Å². The molecule has 0 bridgehead atoms. The molecule has 0 atom stereocenters. The zero-order valence-electron chi connectivity index (χ0n) is 6.35. The maximum absolute atomic E-state index is 12.2. The van der Waals surface area contributed by atoms with Gasteiger partial charge in [-0.05, 0) is 0 Å². The maximum atomic E-state index is 12.2. The van der Waals surface area contributed by atoms with E-state index in [1.165, 1.54) is 0 Å². The molecular formula is C6H7Cl3F3. The summed E-state index contributed by atoms with van der Waals surface area (Å²) in [5, 5.41) is 0. The Kier molecular flexibility index (Phi) is 3.62. The van der Waals surface area contributed by atoms with E-state index in [1.54, 1.807) is 0 Å². The van der Waals surface area contributed by atoms with Gasteiger partial charge in [-0.3, -0.25) is 0 Å².